The van der Waals surface area contributed by atoms with E-state index < -0.39 is 10.0 Å². The van der Waals surface area contributed by atoms with Crippen LogP contribution in [0.1, 0.15) is 27.8 Å². The number of hydrogen-bond acceptors (Lipinski definition) is 3. The van der Waals surface area contributed by atoms with Gasteiger partial charge in [-0.1, -0.05) is 34.1 Å². The van der Waals surface area contributed by atoms with Crippen molar-refractivity contribution in [2.75, 3.05) is 0 Å². The third-order valence-electron chi connectivity index (χ3n) is 4.11. The van der Waals surface area contributed by atoms with Gasteiger partial charge in [0.1, 0.15) is 0 Å². The number of fused-ring (bicyclic) bond motifs is 1. The monoisotopic (exact) mass is 430 g/mol. The predicted octanol–water partition coefficient (Wildman–Crippen LogP) is 3.57. The van der Waals surface area contributed by atoms with Gasteiger partial charge in [-0.15, -0.1) is 12.4 Å². The molecule has 24 heavy (non-hydrogen) atoms. The second-order valence-corrected chi connectivity index (χ2v) is 8.49. The predicted molar refractivity (Wildman–Crippen MR) is 102 cm³/mol. The number of aryl methyl sites for hydroxylation is 2. The van der Waals surface area contributed by atoms with E-state index in [9.17, 15) is 8.42 Å². The fourth-order valence-corrected chi connectivity index (χ4v) is 4.54. The zero-order chi connectivity index (χ0) is 16.6. The van der Waals surface area contributed by atoms with Gasteiger partial charge in [-0.05, 0) is 53.8 Å². The van der Waals surface area contributed by atoms with Crippen LogP contribution < -0.4 is 10.0 Å². The minimum absolute atomic E-state index is 0. The van der Waals surface area contributed by atoms with Gasteiger partial charge in [-0.2, -0.15) is 0 Å². The van der Waals surface area contributed by atoms with Crippen molar-refractivity contribution in [1.82, 2.24) is 10.0 Å². The highest BCUT2D eigenvalue weighted by molar-refractivity contribution is 9.10. The molecule has 2 aromatic carbocycles. The summed E-state index contributed by atoms with van der Waals surface area (Å²) >= 11 is 3.43. The van der Waals surface area contributed by atoms with Gasteiger partial charge in [0.25, 0.3) is 0 Å². The lowest BCUT2D eigenvalue weighted by molar-refractivity contribution is 0.580. The molecule has 2 N–H and O–H groups in total. The molecule has 7 heteroatoms. The Kier molecular flexibility index (Phi) is 6.09. The average molecular weight is 432 g/mol. The van der Waals surface area contributed by atoms with Crippen LogP contribution in [0.2, 0.25) is 0 Å². The van der Waals surface area contributed by atoms with E-state index in [2.05, 4.69) is 38.1 Å². The lowest BCUT2D eigenvalue weighted by Gasteiger charge is -2.12. The van der Waals surface area contributed by atoms with Crippen LogP contribution in [0.3, 0.4) is 0 Å². The third kappa shape index (κ3) is 4.00. The van der Waals surface area contributed by atoms with Crippen molar-refractivity contribution in [2.24, 2.45) is 0 Å². The zero-order valence-corrected chi connectivity index (χ0v) is 16.7. The van der Waals surface area contributed by atoms with Crippen LogP contribution in [0, 0.1) is 13.8 Å². The van der Waals surface area contributed by atoms with E-state index in [-0.39, 0.29) is 12.4 Å². The van der Waals surface area contributed by atoms with E-state index in [0.29, 0.717) is 11.4 Å². The lowest BCUT2D eigenvalue weighted by Crippen LogP contribution is -2.24. The first kappa shape index (κ1) is 19.4. The van der Waals surface area contributed by atoms with Crippen molar-refractivity contribution in [3.63, 3.8) is 0 Å². The molecule has 1 aliphatic heterocycles. The molecule has 130 valence electrons. The molecule has 1 heterocycles. The fraction of sp³-hybridized carbons (Fsp3) is 0.294. The van der Waals surface area contributed by atoms with Gasteiger partial charge in [-0.3, -0.25) is 0 Å². The van der Waals surface area contributed by atoms with E-state index in [0.717, 1.165) is 34.3 Å². The smallest absolute Gasteiger partial charge is 0.241 e. The molecule has 0 radical (unpaired) electrons. The Balaban J connectivity index is 0.00000208. The fourth-order valence-electron chi connectivity index (χ4n) is 2.76. The third-order valence-corrected chi connectivity index (χ3v) is 6.51. The Labute approximate surface area is 157 Å². The maximum Gasteiger partial charge on any atom is 0.241 e. The second-order valence-electron chi connectivity index (χ2n) is 5.90. The number of benzene rings is 2. The van der Waals surface area contributed by atoms with Crippen molar-refractivity contribution < 1.29 is 8.42 Å². The first-order valence-electron chi connectivity index (χ1n) is 7.44. The largest absolute Gasteiger partial charge is 0.309 e. The summed E-state index contributed by atoms with van der Waals surface area (Å²) in [5.41, 5.74) is 5.14. The van der Waals surface area contributed by atoms with Gasteiger partial charge in [-0.25, -0.2) is 13.1 Å². The molecule has 0 saturated heterocycles. The Morgan fingerprint density at radius 2 is 1.79 bits per heavy atom. The van der Waals surface area contributed by atoms with Crippen LogP contribution in [0.4, 0.5) is 0 Å². The molecule has 2 aromatic rings. The molecule has 4 nitrogen and oxygen atoms in total. The summed E-state index contributed by atoms with van der Waals surface area (Å²) in [6, 6.07) is 9.65. The quantitative estimate of drug-likeness (QED) is 0.778. The average Bonchev–Trinajstić information content (AvgIpc) is 2.96. The van der Waals surface area contributed by atoms with E-state index in [1.807, 2.05) is 19.1 Å². The molecule has 0 saturated carbocycles. The van der Waals surface area contributed by atoms with Crippen LogP contribution in [0.5, 0.6) is 0 Å². The molecule has 0 spiro atoms. The molecule has 0 unspecified atom stereocenters. The zero-order valence-electron chi connectivity index (χ0n) is 13.5. The van der Waals surface area contributed by atoms with E-state index in [1.165, 1.54) is 11.1 Å². The molecule has 0 fully saturated rings. The number of nitrogens with one attached hydrogen (secondary N) is 2. The Morgan fingerprint density at radius 1 is 1.08 bits per heavy atom. The number of rotatable bonds is 4. The van der Waals surface area contributed by atoms with Crippen LogP contribution >= 0.6 is 28.3 Å². The van der Waals surface area contributed by atoms with Gasteiger partial charge in [0, 0.05) is 24.1 Å². The summed E-state index contributed by atoms with van der Waals surface area (Å²) in [4.78, 5) is 0.334. The summed E-state index contributed by atoms with van der Waals surface area (Å²) < 4.78 is 28.8. The highest BCUT2D eigenvalue weighted by Crippen LogP contribution is 2.24. The van der Waals surface area contributed by atoms with Crippen LogP contribution in [0.25, 0.3) is 0 Å². The molecule has 0 aliphatic carbocycles. The number of halogens is 2. The summed E-state index contributed by atoms with van der Waals surface area (Å²) in [6.07, 6.45) is 0. The maximum absolute atomic E-state index is 12.6. The van der Waals surface area contributed by atoms with Crippen LogP contribution in [-0.4, -0.2) is 8.42 Å². The van der Waals surface area contributed by atoms with Crippen LogP contribution in [0.15, 0.2) is 39.7 Å². The van der Waals surface area contributed by atoms with Crippen molar-refractivity contribution in [1.29, 1.82) is 0 Å². The molecule has 0 amide bonds. The standard InChI is InChI=1S/C17H19BrN2O2S.ClH/c1-11-6-17(12(2)5-16(11)18)23(21,22)20-8-13-3-4-14-9-19-10-15(14)7-13;/h3-7,19-20H,8-10H2,1-2H3;1H. The van der Waals surface area contributed by atoms with Gasteiger partial charge in [0.2, 0.25) is 10.0 Å². The topological polar surface area (TPSA) is 58.2 Å². The Hall–Kier alpha value is -0.920. The summed E-state index contributed by atoms with van der Waals surface area (Å²) in [5.74, 6) is 0. The van der Waals surface area contributed by atoms with Crippen LogP contribution in [-0.2, 0) is 29.7 Å². The van der Waals surface area contributed by atoms with Gasteiger partial charge < -0.3 is 5.32 Å². The minimum atomic E-state index is -3.53. The number of hydrogen-bond donors (Lipinski definition) is 2. The normalized spacial score (nSPS) is 13.5. The molecule has 0 aromatic heterocycles. The van der Waals surface area contributed by atoms with Crippen molar-refractivity contribution >= 4 is 38.4 Å². The summed E-state index contributed by atoms with van der Waals surface area (Å²) in [7, 11) is -3.53. The lowest BCUT2D eigenvalue weighted by atomic mass is 10.1. The molecular formula is C17H20BrClN2O2S. The Morgan fingerprint density at radius 3 is 2.54 bits per heavy atom. The van der Waals surface area contributed by atoms with Gasteiger partial charge in [0.15, 0.2) is 0 Å². The second kappa shape index (κ2) is 7.54. The van der Waals surface area contributed by atoms with Crippen molar-refractivity contribution in [3.8, 4) is 0 Å². The summed E-state index contributed by atoms with van der Waals surface area (Å²) in [6.45, 7) is 5.72. The molecule has 0 atom stereocenters. The first-order valence-corrected chi connectivity index (χ1v) is 9.72. The molecule has 0 bridgehead atoms. The van der Waals surface area contributed by atoms with Crippen molar-refractivity contribution in [3.05, 3.63) is 62.6 Å². The van der Waals surface area contributed by atoms with E-state index in [4.69, 9.17) is 0 Å². The van der Waals surface area contributed by atoms with Gasteiger partial charge >= 0.3 is 0 Å². The summed E-state index contributed by atoms with van der Waals surface area (Å²) in [5, 5.41) is 3.29. The highest BCUT2D eigenvalue weighted by Gasteiger charge is 2.18. The molecular weight excluding hydrogens is 412 g/mol. The van der Waals surface area contributed by atoms with Gasteiger partial charge in [0.05, 0.1) is 4.90 Å². The highest BCUT2D eigenvalue weighted by atomic mass is 79.9. The maximum atomic E-state index is 12.6. The van der Waals surface area contributed by atoms with E-state index in [1.54, 1.807) is 13.0 Å². The first-order chi connectivity index (χ1) is 10.9. The number of sulfonamides is 1. The Bertz CT molecular complexity index is 869. The SMILES string of the molecule is Cc1cc(S(=O)(=O)NCc2ccc3c(c2)CNC3)c(C)cc1Br.Cl. The molecule has 1 aliphatic rings. The minimum Gasteiger partial charge on any atom is -0.309 e. The van der Waals surface area contributed by atoms with Crippen molar-refractivity contribution in [2.45, 2.75) is 38.4 Å². The van der Waals surface area contributed by atoms with E-state index >= 15 is 0 Å². The molecule has 3 rings (SSSR count).